The lowest BCUT2D eigenvalue weighted by atomic mass is 10.1. The Labute approximate surface area is 171 Å². The van der Waals surface area contributed by atoms with Crippen molar-refractivity contribution in [3.63, 3.8) is 0 Å². The van der Waals surface area contributed by atoms with E-state index < -0.39 is 0 Å². The predicted octanol–water partition coefficient (Wildman–Crippen LogP) is 4.36. The average Bonchev–Trinajstić information content (AvgIpc) is 2.66. The van der Waals surface area contributed by atoms with Crippen molar-refractivity contribution < 1.29 is 9.47 Å². The molecule has 0 aliphatic rings. The van der Waals surface area contributed by atoms with Gasteiger partial charge in [0.05, 0.1) is 17.8 Å². The van der Waals surface area contributed by atoms with Crippen LogP contribution in [0.2, 0.25) is 0 Å². The van der Waals surface area contributed by atoms with Crippen LogP contribution in [0.5, 0.6) is 11.5 Å². The summed E-state index contributed by atoms with van der Waals surface area (Å²) in [6.45, 7) is 0.423. The first-order valence-electron chi connectivity index (χ1n) is 8.14. The number of thiocarbonyl (C=S) groups is 1. The van der Waals surface area contributed by atoms with Crippen molar-refractivity contribution in [2.24, 2.45) is 10.8 Å². The fraction of sp³-hybridized carbons (Fsp3) is 0.100. The molecule has 0 amide bonds. The molecule has 3 rings (SSSR count). The van der Waals surface area contributed by atoms with Crippen molar-refractivity contribution in [1.29, 1.82) is 0 Å². The molecule has 3 N–H and O–H groups in total. The van der Waals surface area contributed by atoms with E-state index in [0.29, 0.717) is 18.1 Å². The minimum absolute atomic E-state index is 0.104. The van der Waals surface area contributed by atoms with E-state index in [1.54, 1.807) is 13.3 Å². The Morgan fingerprint density at radius 1 is 1.22 bits per heavy atom. The molecular weight excluding hydrogens is 426 g/mol. The first-order valence-corrected chi connectivity index (χ1v) is 9.34. The van der Waals surface area contributed by atoms with Crippen LogP contribution in [0, 0.1) is 0 Å². The number of nitrogens with two attached hydrogens (primary N) is 1. The van der Waals surface area contributed by atoms with Crippen LogP contribution in [0.25, 0.3) is 10.8 Å². The maximum absolute atomic E-state index is 6.08. The van der Waals surface area contributed by atoms with Gasteiger partial charge in [0.1, 0.15) is 6.61 Å². The molecule has 0 saturated carbocycles. The molecule has 0 unspecified atom stereocenters. The zero-order valence-electron chi connectivity index (χ0n) is 14.6. The number of halogens is 1. The number of hydrazone groups is 1. The highest BCUT2D eigenvalue weighted by Gasteiger charge is 2.12. The van der Waals surface area contributed by atoms with Crippen LogP contribution < -0.4 is 20.6 Å². The molecule has 5 nitrogen and oxygen atoms in total. The number of methoxy groups -OCH3 is 1. The smallest absolute Gasteiger partial charge is 0.184 e. The molecule has 3 aromatic rings. The Morgan fingerprint density at radius 3 is 2.78 bits per heavy atom. The van der Waals surface area contributed by atoms with Gasteiger partial charge in [0.2, 0.25) is 0 Å². The van der Waals surface area contributed by atoms with Crippen LogP contribution in [-0.2, 0) is 6.61 Å². The van der Waals surface area contributed by atoms with E-state index in [1.165, 1.54) is 10.8 Å². The second kappa shape index (κ2) is 8.83. The van der Waals surface area contributed by atoms with E-state index in [0.717, 1.165) is 15.6 Å². The summed E-state index contributed by atoms with van der Waals surface area (Å²) >= 11 is 8.26. The van der Waals surface area contributed by atoms with E-state index in [-0.39, 0.29) is 5.11 Å². The molecule has 0 atom stereocenters. The molecule has 0 heterocycles. The predicted molar refractivity (Wildman–Crippen MR) is 116 cm³/mol. The molecule has 7 heteroatoms. The molecule has 0 bridgehead atoms. The SMILES string of the molecule is COc1cc(/C=N\NC(N)=S)cc(Br)c1OCc1cccc2ccccc12. The van der Waals surface area contributed by atoms with Crippen LogP contribution in [-0.4, -0.2) is 18.4 Å². The van der Waals surface area contributed by atoms with E-state index in [4.69, 9.17) is 27.4 Å². The monoisotopic (exact) mass is 443 g/mol. The first kappa shape index (κ1) is 19.1. The van der Waals surface area contributed by atoms with Crippen molar-refractivity contribution >= 4 is 50.2 Å². The number of nitrogens with one attached hydrogen (secondary N) is 1. The molecule has 0 aromatic heterocycles. The summed E-state index contributed by atoms with van der Waals surface area (Å²) in [5.74, 6) is 1.23. The highest BCUT2D eigenvalue weighted by atomic mass is 79.9. The summed E-state index contributed by atoms with van der Waals surface area (Å²) in [6, 6.07) is 18.1. The molecule has 0 spiro atoms. The lowest BCUT2D eigenvalue weighted by Gasteiger charge is -2.14. The lowest BCUT2D eigenvalue weighted by Crippen LogP contribution is -2.23. The van der Waals surface area contributed by atoms with Gasteiger partial charge < -0.3 is 15.2 Å². The van der Waals surface area contributed by atoms with Gasteiger partial charge in [-0.2, -0.15) is 5.10 Å². The normalized spacial score (nSPS) is 10.9. The number of benzene rings is 3. The molecule has 0 radical (unpaired) electrons. The fourth-order valence-electron chi connectivity index (χ4n) is 2.69. The highest BCUT2D eigenvalue weighted by molar-refractivity contribution is 9.10. The third-order valence-electron chi connectivity index (χ3n) is 3.89. The number of nitrogens with zero attached hydrogens (tertiary/aromatic N) is 1. The maximum atomic E-state index is 6.08. The number of hydrogen-bond donors (Lipinski definition) is 2. The molecule has 0 aliphatic heterocycles. The second-order valence-corrected chi connectivity index (χ2v) is 6.99. The molecule has 138 valence electrons. The minimum atomic E-state index is 0.104. The fourth-order valence-corrected chi connectivity index (χ4v) is 3.32. The Morgan fingerprint density at radius 2 is 2.00 bits per heavy atom. The van der Waals surface area contributed by atoms with Crippen LogP contribution in [0.1, 0.15) is 11.1 Å². The van der Waals surface area contributed by atoms with Gasteiger partial charge in [-0.1, -0.05) is 42.5 Å². The third-order valence-corrected chi connectivity index (χ3v) is 4.57. The Bertz CT molecular complexity index is 1000. The van der Waals surface area contributed by atoms with Crippen LogP contribution in [0.4, 0.5) is 0 Å². The summed E-state index contributed by atoms with van der Waals surface area (Å²) in [5, 5.41) is 6.41. The third kappa shape index (κ3) is 4.75. The molecule has 0 fully saturated rings. The first-order chi connectivity index (χ1) is 13.1. The molecule has 0 aliphatic carbocycles. The highest BCUT2D eigenvalue weighted by Crippen LogP contribution is 2.37. The summed E-state index contributed by atoms with van der Waals surface area (Å²) in [6.07, 6.45) is 1.60. The van der Waals surface area contributed by atoms with E-state index >= 15 is 0 Å². The van der Waals surface area contributed by atoms with Gasteiger partial charge in [-0.25, -0.2) is 0 Å². The number of fused-ring (bicyclic) bond motifs is 1. The summed E-state index contributed by atoms with van der Waals surface area (Å²) in [4.78, 5) is 0. The molecule has 0 saturated heterocycles. The van der Waals surface area contributed by atoms with E-state index in [9.17, 15) is 0 Å². The zero-order chi connectivity index (χ0) is 19.2. The summed E-state index contributed by atoms with van der Waals surface area (Å²) < 4.78 is 12.3. The van der Waals surface area contributed by atoms with Crippen molar-refractivity contribution in [3.05, 3.63) is 70.2 Å². The van der Waals surface area contributed by atoms with Crippen molar-refractivity contribution in [2.75, 3.05) is 7.11 Å². The average molecular weight is 444 g/mol. The topological polar surface area (TPSA) is 68.9 Å². The van der Waals surface area contributed by atoms with Gasteiger partial charge in [0, 0.05) is 0 Å². The van der Waals surface area contributed by atoms with Crippen LogP contribution in [0.15, 0.2) is 64.2 Å². The second-order valence-electron chi connectivity index (χ2n) is 5.70. The van der Waals surface area contributed by atoms with Gasteiger partial charge in [-0.3, -0.25) is 5.43 Å². The van der Waals surface area contributed by atoms with Crippen LogP contribution >= 0.6 is 28.1 Å². The van der Waals surface area contributed by atoms with E-state index in [1.807, 2.05) is 30.3 Å². The van der Waals surface area contributed by atoms with Gasteiger partial charge >= 0.3 is 0 Å². The van der Waals surface area contributed by atoms with Crippen LogP contribution in [0.3, 0.4) is 0 Å². The Balaban J connectivity index is 1.84. The van der Waals surface area contributed by atoms with E-state index in [2.05, 4.69) is 50.7 Å². The van der Waals surface area contributed by atoms with Crippen molar-refractivity contribution in [1.82, 2.24) is 5.43 Å². The number of rotatable bonds is 6. The zero-order valence-corrected chi connectivity index (χ0v) is 17.0. The summed E-state index contributed by atoms with van der Waals surface area (Å²) in [7, 11) is 1.60. The molecule has 27 heavy (non-hydrogen) atoms. The van der Waals surface area contributed by atoms with Gasteiger partial charge in [0.25, 0.3) is 0 Å². The quantitative estimate of drug-likeness (QED) is 0.336. The minimum Gasteiger partial charge on any atom is -0.493 e. The van der Waals surface area contributed by atoms with Gasteiger partial charge in [0.15, 0.2) is 16.6 Å². The molecular formula is C20H18BrN3O2S. The lowest BCUT2D eigenvalue weighted by molar-refractivity contribution is 0.283. The number of ether oxygens (including phenoxy) is 2. The molecule has 3 aromatic carbocycles. The maximum Gasteiger partial charge on any atom is 0.184 e. The Hall–Kier alpha value is -2.64. The number of hydrogen-bond acceptors (Lipinski definition) is 4. The Kier molecular flexibility index (Phi) is 6.26. The largest absolute Gasteiger partial charge is 0.493 e. The standard InChI is InChI=1S/C20H18BrN3O2S/c1-25-18-10-13(11-23-24-20(22)27)9-17(21)19(18)26-12-15-7-4-6-14-5-2-3-8-16(14)15/h2-11H,12H2,1H3,(H3,22,24,27)/b23-11-. The summed E-state index contributed by atoms with van der Waals surface area (Å²) in [5.41, 5.74) is 9.78. The van der Waals surface area contributed by atoms with Crippen molar-refractivity contribution in [3.8, 4) is 11.5 Å². The van der Waals surface area contributed by atoms with Crippen molar-refractivity contribution in [2.45, 2.75) is 6.61 Å². The van der Waals surface area contributed by atoms with Gasteiger partial charge in [-0.05, 0) is 62.2 Å². The van der Waals surface area contributed by atoms with Gasteiger partial charge in [-0.15, -0.1) is 0 Å².